The van der Waals surface area contributed by atoms with Crippen molar-refractivity contribution in [2.24, 2.45) is 17.1 Å². The Bertz CT molecular complexity index is 278. The van der Waals surface area contributed by atoms with Crippen LogP contribution in [0.15, 0.2) is 0 Å². The van der Waals surface area contributed by atoms with Crippen molar-refractivity contribution >= 4 is 0 Å². The van der Waals surface area contributed by atoms with Gasteiger partial charge in [-0.3, -0.25) is 0 Å². The smallest absolute Gasteiger partial charge is 0.0521 e. The number of piperidine rings is 1. The van der Waals surface area contributed by atoms with Crippen molar-refractivity contribution in [3.8, 4) is 0 Å². The van der Waals surface area contributed by atoms with E-state index < -0.39 is 0 Å². The van der Waals surface area contributed by atoms with Gasteiger partial charge in [0, 0.05) is 25.1 Å². The molecule has 0 radical (unpaired) electrons. The first kappa shape index (κ1) is 13.8. The van der Waals surface area contributed by atoms with Crippen LogP contribution in [0.1, 0.15) is 51.4 Å². The number of hydrogen-bond acceptors (Lipinski definition) is 3. The Morgan fingerprint density at radius 1 is 1.05 bits per heavy atom. The zero-order chi connectivity index (χ0) is 13.1. The van der Waals surface area contributed by atoms with E-state index in [1.165, 1.54) is 58.0 Å². The standard InChI is InChI=1S/C16H30N2O/c17-15-4-11-19-13-14(15)12-18-9-7-16(8-10-18)5-2-1-3-6-16/h14-15H,1-13,17H2. The van der Waals surface area contributed by atoms with E-state index in [0.717, 1.165) is 31.6 Å². The van der Waals surface area contributed by atoms with Gasteiger partial charge in [0.2, 0.25) is 0 Å². The number of nitrogens with two attached hydrogens (primary N) is 1. The molecule has 2 heterocycles. The molecular formula is C16H30N2O. The van der Waals surface area contributed by atoms with Gasteiger partial charge in [0.05, 0.1) is 6.61 Å². The minimum Gasteiger partial charge on any atom is -0.381 e. The molecule has 2 aliphatic heterocycles. The molecule has 0 bridgehead atoms. The molecule has 2 saturated heterocycles. The van der Waals surface area contributed by atoms with Crippen LogP contribution in [0.5, 0.6) is 0 Å². The average molecular weight is 266 g/mol. The van der Waals surface area contributed by atoms with Crippen molar-refractivity contribution in [3.63, 3.8) is 0 Å². The summed E-state index contributed by atoms with van der Waals surface area (Å²) < 4.78 is 5.60. The molecule has 3 nitrogen and oxygen atoms in total. The molecule has 0 aromatic rings. The minimum atomic E-state index is 0.360. The van der Waals surface area contributed by atoms with E-state index in [1.807, 2.05) is 0 Å². The summed E-state index contributed by atoms with van der Waals surface area (Å²) in [6, 6.07) is 0.360. The van der Waals surface area contributed by atoms with Gasteiger partial charge in [-0.15, -0.1) is 0 Å². The van der Waals surface area contributed by atoms with Crippen LogP contribution in [0.3, 0.4) is 0 Å². The SMILES string of the molecule is NC1CCOCC1CN1CCC2(CCCCC2)CC1. The van der Waals surface area contributed by atoms with Gasteiger partial charge in [-0.1, -0.05) is 19.3 Å². The molecule has 0 amide bonds. The van der Waals surface area contributed by atoms with Crippen molar-refractivity contribution in [2.75, 3.05) is 32.8 Å². The molecular weight excluding hydrogens is 236 g/mol. The highest BCUT2D eigenvalue weighted by atomic mass is 16.5. The Hall–Kier alpha value is -0.120. The fraction of sp³-hybridized carbons (Fsp3) is 1.00. The van der Waals surface area contributed by atoms with Crippen molar-refractivity contribution in [2.45, 2.75) is 57.4 Å². The van der Waals surface area contributed by atoms with Crippen molar-refractivity contribution in [1.29, 1.82) is 0 Å². The van der Waals surface area contributed by atoms with Gasteiger partial charge in [0.15, 0.2) is 0 Å². The summed E-state index contributed by atoms with van der Waals surface area (Å²) in [5, 5.41) is 0. The monoisotopic (exact) mass is 266 g/mol. The number of nitrogens with zero attached hydrogens (tertiary/aromatic N) is 1. The Morgan fingerprint density at radius 2 is 1.79 bits per heavy atom. The van der Waals surface area contributed by atoms with Crippen LogP contribution in [0.2, 0.25) is 0 Å². The number of ether oxygens (including phenoxy) is 1. The number of hydrogen-bond donors (Lipinski definition) is 1. The summed E-state index contributed by atoms with van der Waals surface area (Å²) in [5.41, 5.74) is 6.95. The molecule has 3 rings (SSSR count). The third-order valence-electron chi connectivity index (χ3n) is 5.86. The molecule has 1 saturated carbocycles. The van der Waals surface area contributed by atoms with Gasteiger partial charge in [0.1, 0.15) is 0 Å². The fourth-order valence-corrected chi connectivity index (χ4v) is 4.34. The highest BCUT2D eigenvalue weighted by Gasteiger charge is 2.36. The van der Waals surface area contributed by atoms with Crippen LogP contribution >= 0.6 is 0 Å². The molecule has 0 aromatic carbocycles. The summed E-state index contributed by atoms with van der Waals surface area (Å²) in [5.74, 6) is 0.564. The molecule has 110 valence electrons. The van der Waals surface area contributed by atoms with Gasteiger partial charge >= 0.3 is 0 Å². The van der Waals surface area contributed by atoms with E-state index in [1.54, 1.807) is 0 Å². The molecule has 2 unspecified atom stereocenters. The van der Waals surface area contributed by atoms with Crippen LogP contribution in [-0.2, 0) is 4.74 Å². The zero-order valence-electron chi connectivity index (χ0n) is 12.3. The maximum Gasteiger partial charge on any atom is 0.0521 e. The van der Waals surface area contributed by atoms with Crippen molar-refractivity contribution < 1.29 is 4.74 Å². The van der Waals surface area contributed by atoms with E-state index in [9.17, 15) is 0 Å². The van der Waals surface area contributed by atoms with Crippen molar-refractivity contribution in [3.05, 3.63) is 0 Å². The Morgan fingerprint density at radius 3 is 2.47 bits per heavy atom. The Balaban J connectivity index is 1.47. The topological polar surface area (TPSA) is 38.5 Å². The summed E-state index contributed by atoms with van der Waals surface area (Å²) in [4.78, 5) is 2.65. The molecule has 1 aliphatic carbocycles. The second kappa shape index (κ2) is 6.11. The summed E-state index contributed by atoms with van der Waals surface area (Å²) in [6.07, 6.45) is 11.3. The first-order valence-corrected chi connectivity index (χ1v) is 8.33. The van der Waals surface area contributed by atoms with Gasteiger partial charge in [0.25, 0.3) is 0 Å². The van der Waals surface area contributed by atoms with E-state index in [-0.39, 0.29) is 0 Å². The molecule has 1 spiro atoms. The largest absolute Gasteiger partial charge is 0.381 e. The molecule has 0 aromatic heterocycles. The maximum atomic E-state index is 6.23. The summed E-state index contributed by atoms with van der Waals surface area (Å²) in [7, 11) is 0. The van der Waals surface area contributed by atoms with Crippen LogP contribution < -0.4 is 5.73 Å². The molecule has 3 aliphatic rings. The molecule has 3 fully saturated rings. The zero-order valence-corrected chi connectivity index (χ0v) is 12.3. The van der Waals surface area contributed by atoms with Gasteiger partial charge in [-0.05, 0) is 50.6 Å². The number of rotatable bonds is 2. The third-order valence-corrected chi connectivity index (χ3v) is 5.86. The minimum absolute atomic E-state index is 0.360. The molecule has 19 heavy (non-hydrogen) atoms. The number of likely N-dealkylation sites (tertiary alicyclic amines) is 1. The first-order valence-electron chi connectivity index (χ1n) is 8.33. The normalized spacial score (nSPS) is 36.5. The lowest BCUT2D eigenvalue weighted by Crippen LogP contribution is -2.48. The lowest BCUT2D eigenvalue weighted by atomic mass is 9.68. The Kier molecular flexibility index (Phi) is 4.45. The Labute approximate surface area is 117 Å². The second-order valence-corrected chi connectivity index (χ2v) is 7.15. The van der Waals surface area contributed by atoms with Gasteiger partial charge in [-0.2, -0.15) is 0 Å². The highest BCUT2D eigenvalue weighted by Crippen LogP contribution is 2.44. The van der Waals surface area contributed by atoms with Crippen LogP contribution in [-0.4, -0.2) is 43.8 Å². The average Bonchev–Trinajstić information content (AvgIpc) is 2.45. The third kappa shape index (κ3) is 3.32. The lowest BCUT2D eigenvalue weighted by Gasteiger charge is -2.45. The second-order valence-electron chi connectivity index (χ2n) is 7.15. The molecule has 2 atom stereocenters. The van der Waals surface area contributed by atoms with E-state index in [4.69, 9.17) is 10.5 Å². The molecule has 3 heteroatoms. The van der Waals surface area contributed by atoms with Gasteiger partial charge < -0.3 is 15.4 Å². The molecule has 2 N–H and O–H groups in total. The first-order chi connectivity index (χ1) is 9.27. The summed E-state index contributed by atoms with van der Waals surface area (Å²) >= 11 is 0. The highest BCUT2D eigenvalue weighted by molar-refractivity contribution is 4.89. The van der Waals surface area contributed by atoms with E-state index in [2.05, 4.69) is 4.90 Å². The predicted molar refractivity (Wildman–Crippen MR) is 78.1 cm³/mol. The lowest BCUT2D eigenvalue weighted by molar-refractivity contribution is 0.00737. The maximum absolute atomic E-state index is 6.23. The van der Waals surface area contributed by atoms with Gasteiger partial charge in [-0.25, -0.2) is 0 Å². The van der Waals surface area contributed by atoms with Crippen LogP contribution in [0.25, 0.3) is 0 Å². The van der Waals surface area contributed by atoms with Crippen LogP contribution in [0, 0.1) is 11.3 Å². The predicted octanol–water partition coefficient (Wildman–Crippen LogP) is 2.40. The van der Waals surface area contributed by atoms with E-state index in [0.29, 0.717) is 12.0 Å². The fourth-order valence-electron chi connectivity index (χ4n) is 4.34. The van der Waals surface area contributed by atoms with Crippen molar-refractivity contribution in [1.82, 2.24) is 4.90 Å². The quantitative estimate of drug-likeness (QED) is 0.834. The van der Waals surface area contributed by atoms with E-state index >= 15 is 0 Å². The summed E-state index contributed by atoms with van der Waals surface area (Å²) in [6.45, 7) is 5.49. The van der Waals surface area contributed by atoms with Crippen LogP contribution in [0.4, 0.5) is 0 Å².